The van der Waals surface area contributed by atoms with Crippen LogP contribution in [0, 0.1) is 5.92 Å². The van der Waals surface area contributed by atoms with Crippen LogP contribution in [0.25, 0.3) is 0 Å². The molecule has 160 valence electrons. The number of rotatable bonds is 4. The van der Waals surface area contributed by atoms with Gasteiger partial charge in [-0.05, 0) is 35.9 Å². The molecule has 3 aromatic carbocycles. The quantitative estimate of drug-likeness (QED) is 0.605. The van der Waals surface area contributed by atoms with Crippen molar-refractivity contribution in [1.29, 1.82) is 0 Å². The first-order valence-corrected chi connectivity index (χ1v) is 10.3. The Labute approximate surface area is 188 Å². The molecule has 8 heteroatoms. The summed E-state index contributed by atoms with van der Waals surface area (Å²) in [6.07, 6.45) is -1.11. The summed E-state index contributed by atoms with van der Waals surface area (Å²) in [5, 5.41) is 11.5. The van der Waals surface area contributed by atoms with Crippen LogP contribution in [0.3, 0.4) is 0 Å². The zero-order chi connectivity index (χ0) is 22.4. The number of hydrogen-bond donors (Lipinski definition) is 1. The van der Waals surface area contributed by atoms with Crippen molar-refractivity contribution in [1.82, 2.24) is 0 Å². The van der Waals surface area contributed by atoms with Crippen LogP contribution in [0.2, 0.25) is 5.02 Å². The van der Waals surface area contributed by atoms with Gasteiger partial charge in [-0.15, -0.1) is 0 Å². The molecule has 2 aliphatic rings. The number of aromatic carboxylic acids is 1. The fourth-order valence-electron chi connectivity index (χ4n) is 4.35. The first-order valence-electron chi connectivity index (χ1n) is 9.94. The van der Waals surface area contributed by atoms with Gasteiger partial charge in [-0.2, -0.15) is 0 Å². The molecule has 0 saturated carbocycles. The Morgan fingerprint density at radius 1 is 0.875 bits per heavy atom. The SMILES string of the molecule is O=C(O)c1ccccc1C1C2C(=O)N(c3ccccc3Cl)C(=O)C2ON1c1ccccc1. The number of carbonyl (C=O) groups excluding carboxylic acids is 2. The summed E-state index contributed by atoms with van der Waals surface area (Å²) >= 11 is 6.26. The van der Waals surface area contributed by atoms with E-state index in [2.05, 4.69) is 0 Å². The minimum Gasteiger partial charge on any atom is -0.478 e. The lowest BCUT2D eigenvalue weighted by molar-refractivity contribution is -0.126. The standard InChI is InChI=1S/C24H17ClN2O5/c25-17-12-6-7-13-18(17)26-22(28)19-20(15-10-4-5-11-16(15)24(30)31)27(32-21(19)23(26)29)14-8-2-1-3-9-14/h1-13,19-21H,(H,30,31). The minimum absolute atomic E-state index is 0.0409. The number of anilines is 2. The Hall–Kier alpha value is -3.68. The lowest BCUT2D eigenvalue weighted by atomic mass is 9.88. The van der Waals surface area contributed by atoms with Crippen LogP contribution in [-0.4, -0.2) is 29.0 Å². The second kappa shape index (κ2) is 7.78. The molecule has 2 saturated heterocycles. The van der Waals surface area contributed by atoms with Crippen molar-refractivity contribution in [2.75, 3.05) is 9.96 Å². The highest BCUT2D eigenvalue weighted by atomic mass is 35.5. The van der Waals surface area contributed by atoms with Crippen LogP contribution >= 0.6 is 11.6 Å². The number of nitrogens with zero attached hydrogens (tertiary/aromatic N) is 2. The van der Waals surface area contributed by atoms with Crippen molar-refractivity contribution >= 4 is 40.8 Å². The minimum atomic E-state index is -1.13. The van der Waals surface area contributed by atoms with E-state index in [1.54, 1.807) is 66.7 Å². The number of hydrogen-bond acceptors (Lipinski definition) is 5. The van der Waals surface area contributed by atoms with E-state index in [1.807, 2.05) is 6.07 Å². The molecular formula is C24H17ClN2O5. The van der Waals surface area contributed by atoms with E-state index in [-0.39, 0.29) is 16.3 Å². The van der Waals surface area contributed by atoms with Gasteiger partial charge < -0.3 is 5.11 Å². The molecule has 1 N–H and O–H groups in total. The molecule has 7 nitrogen and oxygen atoms in total. The summed E-state index contributed by atoms with van der Waals surface area (Å²) in [5.41, 5.74) is 1.31. The van der Waals surface area contributed by atoms with Crippen molar-refractivity contribution in [3.63, 3.8) is 0 Å². The fourth-order valence-corrected chi connectivity index (χ4v) is 4.57. The van der Waals surface area contributed by atoms with E-state index in [9.17, 15) is 19.5 Å². The topological polar surface area (TPSA) is 87.2 Å². The number of carboxylic acids is 1. The summed E-state index contributed by atoms with van der Waals surface area (Å²) in [6, 6.07) is 21.2. The Kier molecular flexibility index (Phi) is 4.92. The highest BCUT2D eigenvalue weighted by Crippen LogP contribution is 2.48. The van der Waals surface area contributed by atoms with Crippen LogP contribution in [0.15, 0.2) is 78.9 Å². The first-order chi connectivity index (χ1) is 15.5. The molecular weight excluding hydrogens is 432 g/mol. The largest absolute Gasteiger partial charge is 0.478 e. The number of carboxylic acid groups (broad SMARTS) is 1. The molecule has 0 spiro atoms. The van der Waals surface area contributed by atoms with E-state index < -0.39 is 35.8 Å². The Morgan fingerprint density at radius 2 is 1.53 bits per heavy atom. The maximum atomic E-state index is 13.6. The lowest BCUT2D eigenvalue weighted by Gasteiger charge is -2.29. The second-order valence-corrected chi connectivity index (χ2v) is 7.92. The highest BCUT2D eigenvalue weighted by Gasteiger charge is 2.61. The van der Waals surface area contributed by atoms with Gasteiger partial charge in [-0.25, -0.2) is 14.8 Å². The third-order valence-corrected chi connectivity index (χ3v) is 6.05. The van der Waals surface area contributed by atoms with Crippen molar-refractivity contribution in [2.45, 2.75) is 12.1 Å². The van der Waals surface area contributed by atoms with Gasteiger partial charge in [0.25, 0.3) is 5.91 Å². The zero-order valence-corrected chi connectivity index (χ0v) is 17.3. The number of amides is 2. The van der Waals surface area contributed by atoms with Gasteiger partial charge in [0.1, 0.15) is 5.92 Å². The van der Waals surface area contributed by atoms with E-state index >= 15 is 0 Å². The van der Waals surface area contributed by atoms with Crippen LogP contribution in [0.1, 0.15) is 22.0 Å². The molecule has 0 aliphatic carbocycles. The third-order valence-electron chi connectivity index (χ3n) is 5.73. The van der Waals surface area contributed by atoms with E-state index in [0.29, 0.717) is 11.3 Å². The summed E-state index contributed by atoms with van der Waals surface area (Å²) < 4.78 is 0. The van der Waals surface area contributed by atoms with Gasteiger partial charge in [0.15, 0.2) is 6.10 Å². The molecule has 5 rings (SSSR count). The monoisotopic (exact) mass is 448 g/mol. The maximum absolute atomic E-state index is 13.6. The predicted octanol–water partition coefficient (Wildman–Crippen LogP) is 4.09. The van der Waals surface area contributed by atoms with Crippen molar-refractivity contribution < 1.29 is 24.3 Å². The predicted molar refractivity (Wildman–Crippen MR) is 117 cm³/mol. The second-order valence-electron chi connectivity index (χ2n) is 7.51. The molecule has 3 aromatic rings. The number of hydroxylamine groups is 1. The van der Waals surface area contributed by atoms with Crippen LogP contribution in [-0.2, 0) is 14.4 Å². The molecule has 3 unspecified atom stereocenters. The van der Waals surface area contributed by atoms with Crippen molar-refractivity contribution in [3.8, 4) is 0 Å². The number of benzene rings is 3. The number of fused-ring (bicyclic) bond motifs is 1. The molecule has 0 radical (unpaired) electrons. The Morgan fingerprint density at radius 3 is 2.25 bits per heavy atom. The lowest BCUT2D eigenvalue weighted by Crippen LogP contribution is -2.37. The average molecular weight is 449 g/mol. The molecule has 3 atom stereocenters. The van der Waals surface area contributed by atoms with Gasteiger partial charge in [-0.3, -0.25) is 14.4 Å². The van der Waals surface area contributed by atoms with E-state index in [1.165, 1.54) is 11.1 Å². The molecule has 32 heavy (non-hydrogen) atoms. The molecule has 0 bridgehead atoms. The molecule has 2 aliphatic heterocycles. The normalized spacial score (nSPS) is 22.3. The number of halogens is 1. The summed E-state index contributed by atoms with van der Waals surface area (Å²) in [7, 11) is 0. The summed E-state index contributed by atoms with van der Waals surface area (Å²) in [5.74, 6) is -3.10. The van der Waals surface area contributed by atoms with Crippen LogP contribution < -0.4 is 9.96 Å². The van der Waals surface area contributed by atoms with Crippen LogP contribution in [0.4, 0.5) is 11.4 Å². The Bertz CT molecular complexity index is 1230. The highest BCUT2D eigenvalue weighted by molar-refractivity contribution is 6.36. The zero-order valence-electron chi connectivity index (χ0n) is 16.6. The third kappa shape index (κ3) is 3.05. The first kappa shape index (κ1) is 20.2. The van der Waals surface area contributed by atoms with Gasteiger partial charge >= 0.3 is 5.97 Å². The van der Waals surface area contributed by atoms with Gasteiger partial charge in [-0.1, -0.05) is 60.1 Å². The Balaban J connectivity index is 1.65. The summed E-state index contributed by atoms with van der Waals surface area (Å²) in [6.45, 7) is 0. The van der Waals surface area contributed by atoms with Gasteiger partial charge in [0.2, 0.25) is 5.91 Å². The number of imide groups is 1. The summed E-state index contributed by atoms with van der Waals surface area (Å²) in [4.78, 5) is 45.9. The smallest absolute Gasteiger partial charge is 0.336 e. The van der Waals surface area contributed by atoms with E-state index in [0.717, 1.165) is 4.90 Å². The van der Waals surface area contributed by atoms with Gasteiger partial charge in [0, 0.05) is 0 Å². The molecule has 2 amide bonds. The van der Waals surface area contributed by atoms with E-state index in [4.69, 9.17) is 16.4 Å². The van der Waals surface area contributed by atoms with Crippen molar-refractivity contribution in [3.05, 3.63) is 95.0 Å². The molecule has 2 fully saturated rings. The van der Waals surface area contributed by atoms with Gasteiger partial charge in [0.05, 0.1) is 28.0 Å². The maximum Gasteiger partial charge on any atom is 0.336 e. The number of para-hydroxylation sites is 2. The average Bonchev–Trinajstić information content (AvgIpc) is 3.31. The number of carbonyl (C=O) groups is 3. The van der Waals surface area contributed by atoms with Crippen molar-refractivity contribution in [2.24, 2.45) is 5.92 Å². The van der Waals surface area contributed by atoms with Crippen LogP contribution in [0.5, 0.6) is 0 Å². The molecule has 0 aromatic heterocycles. The fraction of sp³-hybridized carbons (Fsp3) is 0.125. The molecule has 2 heterocycles.